The van der Waals surface area contributed by atoms with Crippen LogP contribution >= 0.6 is 22.7 Å². The van der Waals surface area contributed by atoms with E-state index in [0.29, 0.717) is 0 Å². The SMILES string of the molecule is CCCCCCCCCN(c1ccc(-c2cccs2)cc1)c1ccc(-c2cccs2)cc1. The van der Waals surface area contributed by atoms with Crippen LogP contribution in [-0.2, 0) is 0 Å². The third-order valence-corrected chi connectivity index (χ3v) is 7.79. The second-order valence-electron chi connectivity index (χ2n) is 8.32. The van der Waals surface area contributed by atoms with E-state index in [4.69, 9.17) is 0 Å². The number of rotatable bonds is 12. The molecule has 3 heteroatoms. The van der Waals surface area contributed by atoms with Crippen molar-refractivity contribution >= 4 is 34.0 Å². The molecule has 0 aliphatic rings. The van der Waals surface area contributed by atoms with Crippen molar-refractivity contribution in [2.24, 2.45) is 0 Å². The van der Waals surface area contributed by atoms with Crippen molar-refractivity contribution in [1.29, 1.82) is 0 Å². The molecule has 166 valence electrons. The number of hydrogen-bond acceptors (Lipinski definition) is 3. The molecular formula is C29H33NS2. The Bertz CT molecular complexity index is 938. The van der Waals surface area contributed by atoms with Gasteiger partial charge < -0.3 is 4.90 Å². The Kier molecular flexibility index (Phi) is 8.58. The monoisotopic (exact) mass is 459 g/mol. The van der Waals surface area contributed by atoms with Gasteiger partial charge in [-0.1, -0.05) is 81.8 Å². The molecule has 0 radical (unpaired) electrons. The van der Waals surface area contributed by atoms with Crippen molar-refractivity contribution in [2.45, 2.75) is 51.9 Å². The first kappa shape index (κ1) is 22.8. The highest BCUT2D eigenvalue weighted by Gasteiger charge is 2.11. The smallest absolute Gasteiger partial charge is 0.0411 e. The first-order valence-electron chi connectivity index (χ1n) is 11.9. The molecule has 0 aliphatic carbocycles. The zero-order valence-electron chi connectivity index (χ0n) is 19.0. The van der Waals surface area contributed by atoms with Gasteiger partial charge in [0.1, 0.15) is 0 Å². The van der Waals surface area contributed by atoms with E-state index in [1.807, 2.05) is 0 Å². The summed E-state index contributed by atoms with van der Waals surface area (Å²) in [6, 6.07) is 26.8. The predicted molar refractivity (Wildman–Crippen MR) is 145 cm³/mol. The van der Waals surface area contributed by atoms with Crippen LogP contribution in [-0.4, -0.2) is 6.54 Å². The van der Waals surface area contributed by atoms with E-state index in [-0.39, 0.29) is 0 Å². The van der Waals surface area contributed by atoms with Gasteiger partial charge in [0.15, 0.2) is 0 Å². The molecule has 4 rings (SSSR count). The van der Waals surface area contributed by atoms with Crippen LogP contribution in [0.1, 0.15) is 51.9 Å². The molecule has 0 amide bonds. The molecule has 0 unspecified atom stereocenters. The average molecular weight is 460 g/mol. The largest absolute Gasteiger partial charge is 0.341 e. The Morgan fingerprint density at radius 2 is 1.03 bits per heavy atom. The van der Waals surface area contributed by atoms with Crippen LogP contribution in [0.3, 0.4) is 0 Å². The lowest BCUT2D eigenvalue weighted by molar-refractivity contribution is 0.591. The first-order chi connectivity index (χ1) is 15.8. The van der Waals surface area contributed by atoms with E-state index in [0.717, 1.165) is 6.54 Å². The first-order valence-corrected chi connectivity index (χ1v) is 13.7. The van der Waals surface area contributed by atoms with E-state index < -0.39 is 0 Å². The van der Waals surface area contributed by atoms with Crippen molar-refractivity contribution in [2.75, 3.05) is 11.4 Å². The lowest BCUT2D eigenvalue weighted by Gasteiger charge is -2.25. The molecule has 0 bridgehead atoms. The van der Waals surface area contributed by atoms with E-state index in [1.54, 1.807) is 22.7 Å². The third-order valence-electron chi connectivity index (χ3n) is 5.95. The minimum Gasteiger partial charge on any atom is -0.341 e. The standard InChI is InChI=1S/C29H33NS2/c1-2-3-4-5-6-7-8-21-30(26-17-13-24(14-18-26)28-11-9-22-31-28)27-19-15-25(16-20-27)29-12-10-23-32-29/h9-20,22-23H,2-8,21H2,1H3. The summed E-state index contributed by atoms with van der Waals surface area (Å²) in [5.41, 5.74) is 5.15. The molecule has 0 aliphatic heterocycles. The Hall–Kier alpha value is -2.36. The van der Waals surface area contributed by atoms with Gasteiger partial charge in [-0.05, 0) is 64.7 Å². The average Bonchev–Trinajstić information content (AvgIpc) is 3.56. The quantitative estimate of drug-likeness (QED) is 0.190. The van der Waals surface area contributed by atoms with Crippen LogP contribution < -0.4 is 4.90 Å². The van der Waals surface area contributed by atoms with Crippen molar-refractivity contribution in [1.82, 2.24) is 0 Å². The van der Waals surface area contributed by atoms with Crippen molar-refractivity contribution in [3.05, 3.63) is 83.6 Å². The van der Waals surface area contributed by atoms with Gasteiger partial charge in [-0.15, -0.1) is 22.7 Å². The van der Waals surface area contributed by atoms with E-state index in [2.05, 4.69) is 95.4 Å². The number of nitrogens with zero attached hydrogens (tertiary/aromatic N) is 1. The summed E-state index contributed by atoms with van der Waals surface area (Å²) in [6.45, 7) is 3.34. The van der Waals surface area contributed by atoms with Gasteiger partial charge in [-0.3, -0.25) is 0 Å². The van der Waals surface area contributed by atoms with Crippen LogP contribution in [0, 0.1) is 0 Å². The lowest BCUT2D eigenvalue weighted by Crippen LogP contribution is -2.18. The number of anilines is 2. The van der Waals surface area contributed by atoms with Crippen LogP contribution in [0.5, 0.6) is 0 Å². The number of unbranched alkanes of at least 4 members (excludes halogenated alkanes) is 6. The lowest BCUT2D eigenvalue weighted by atomic mass is 10.1. The minimum atomic E-state index is 1.06. The van der Waals surface area contributed by atoms with Gasteiger partial charge in [-0.25, -0.2) is 0 Å². The molecule has 0 spiro atoms. The molecule has 1 nitrogen and oxygen atoms in total. The minimum absolute atomic E-state index is 1.06. The van der Waals surface area contributed by atoms with Crippen molar-refractivity contribution in [3.8, 4) is 20.9 Å². The van der Waals surface area contributed by atoms with Gasteiger partial charge in [0.25, 0.3) is 0 Å². The molecule has 0 atom stereocenters. The normalized spacial score (nSPS) is 11.0. The molecule has 0 saturated carbocycles. The zero-order chi connectivity index (χ0) is 22.0. The summed E-state index contributed by atoms with van der Waals surface area (Å²) >= 11 is 3.60. The fourth-order valence-corrected chi connectivity index (χ4v) is 5.60. The molecule has 2 aromatic carbocycles. The third kappa shape index (κ3) is 6.11. The summed E-state index contributed by atoms with van der Waals surface area (Å²) in [4.78, 5) is 5.15. The number of benzene rings is 2. The Labute approximate surface area is 201 Å². The topological polar surface area (TPSA) is 3.24 Å². The van der Waals surface area contributed by atoms with E-state index in [1.165, 1.54) is 77.2 Å². The molecule has 0 N–H and O–H groups in total. The van der Waals surface area contributed by atoms with Gasteiger partial charge in [0.2, 0.25) is 0 Å². The fraction of sp³-hybridized carbons (Fsp3) is 0.310. The predicted octanol–water partition coefficient (Wildman–Crippen LogP) is 10.0. The maximum absolute atomic E-state index is 2.49. The maximum atomic E-state index is 2.49. The highest BCUT2D eigenvalue weighted by molar-refractivity contribution is 7.13. The molecule has 2 heterocycles. The molecular weight excluding hydrogens is 426 g/mol. The van der Waals surface area contributed by atoms with E-state index >= 15 is 0 Å². The van der Waals surface area contributed by atoms with Gasteiger partial charge in [0, 0.05) is 27.7 Å². The number of thiophene rings is 2. The van der Waals surface area contributed by atoms with Crippen molar-refractivity contribution in [3.63, 3.8) is 0 Å². The summed E-state index contributed by atoms with van der Waals surface area (Å²) in [5, 5.41) is 4.29. The van der Waals surface area contributed by atoms with Crippen LogP contribution in [0.25, 0.3) is 20.9 Å². The second-order valence-corrected chi connectivity index (χ2v) is 10.2. The highest BCUT2D eigenvalue weighted by atomic mass is 32.1. The van der Waals surface area contributed by atoms with Crippen LogP contribution in [0.15, 0.2) is 83.6 Å². The van der Waals surface area contributed by atoms with Gasteiger partial charge in [-0.2, -0.15) is 0 Å². The van der Waals surface area contributed by atoms with Crippen LogP contribution in [0.4, 0.5) is 11.4 Å². The fourth-order valence-electron chi connectivity index (χ4n) is 4.13. The zero-order valence-corrected chi connectivity index (χ0v) is 20.6. The van der Waals surface area contributed by atoms with Crippen molar-refractivity contribution < 1.29 is 0 Å². The van der Waals surface area contributed by atoms with Gasteiger partial charge >= 0.3 is 0 Å². The Balaban J connectivity index is 1.47. The summed E-state index contributed by atoms with van der Waals surface area (Å²) in [7, 11) is 0. The Morgan fingerprint density at radius 3 is 1.47 bits per heavy atom. The summed E-state index contributed by atoms with van der Waals surface area (Å²) < 4.78 is 0. The highest BCUT2D eigenvalue weighted by Crippen LogP contribution is 2.32. The second kappa shape index (κ2) is 12.0. The molecule has 0 saturated heterocycles. The van der Waals surface area contributed by atoms with E-state index in [9.17, 15) is 0 Å². The summed E-state index contributed by atoms with van der Waals surface area (Å²) in [5.74, 6) is 0. The summed E-state index contributed by atoms with van der Waals surface area (Å²) in [6.07, 6.45) is 9.33. The van der Waals surface area contributed by atoms with Gasteiger partial charge in [0.05, 0.1) is 0 Å². The number of hydrogen-bond donors (Lipinski definition) is 0. The molecule has 0 fully saturated rings. The molecule has 4 aromatic rings. The van der Waals surface area contributed by atoms with Crippen LogP contribution in [0.2, 0.25) is 0 Å². The Morgan fingerprint density at radius 1 is 0.562 bits per heavy atom. The maximum Gasteiger partial charge on any atom is 0.0411 e. The molecule has 32 heavy (non-hydrogen) atoms. The molecule has 2 aromatic heterocycles.